The van der Waals surface area contributed by atoms with Crippen LogP contribution in [-0.4, -0.2) is 49.3 Å². The zero-order valence-electron chi connectivity index (χ0n) is 19.3. The first-order valence-corrected chi connectivity index (χ1v) is 12.0. The van der Waals surface area contributed by atoms with Crippen LogP contribution >= 0.6 is 0 Å². The minimum atomic E-state index is -0.363. The summed E-state index contributed by atoms with van der Waals surface area (Å²) < 4.78 is 7.69. The van der Waals surface area contributed by atoms with Crippen molar-refractivity contribution in [2.24, 2.45) is 0 Å². The van der Waals surface area contributed by atoms with Crippen molar-refractivity contribution in [1.29, 1.82) is 0 Å². The SMILES string of the molecule is Cc1ccc2[nH]c(=O)c([C@H](c3nnnn3C[C@H]3CCCO3)N3CCc4ccccc4C3)cc2c1. The number of nitrogens with zero attached hydrogens (tertiary/aromatic N) is 5. The predicted molar refractivity (Wildman–Crippen MR) is 128 cm³/mol. The van der Waals surface area contributed by atoms with Gasteiger partial charge >= 0.3 is 0 Å². The van der Waals surface area contributed by atoms with E-state index in [2.05, 4.69) is 62.7 Å². The fourth-order valence-electron chi connectivity index (χ4n) is 5.30. The quantitative estimate of drug-likeness (QED) is 0.496. The minimum absolute atomic E-state index is 0.0996. The Morgan fingerprint density at radius 2 is 2.06 bits per heavy atom. The van der Waals surface area contributed by atoms with Gasteiger partial charge in [-0.3, -0.25) is 9.69 Å². The molecule has 6 rings (SSSR count). The second kappa shape index (κ2) is 8.77. The molecule has 0 unspecified atom stereocenters. The number of pyridine rings is 1. The molecule has 1 N–H and O–H groups in total. The summed E-state index contributed by atoms with van der Waals surface area (Å²) in [7, 11) is 0. The maximum absolute atomic E-state index is 13.4. The summed E-state index contributed by atoms with van der Waals surface area (Å²) in [4.78, 5) is 18.8. The summed E-state index contributed by atoms with van der Waals surface area (Å²) in [6.07, 6.45) is 3.07. The van der Waals surface area contributed by atoms with Crippen LogP contribution in [0.3, 0.4) is 0 Å². The molecule has 2 aliphatic heterocycles. The van der Waals surface area contributed by atoms with Crippen molar-refractivity contribution in [3.05, 3.63) is 87.0 Å². The van der Waals surface area contributed by atoms with Gasteiger partial charge in [-0.2, -0.15) is 0 Å². The number of fused-ring (bicyclic) bond motifs is 2. The summed E-state index contributed by atoms with van der Waals surface area (Å²) in [5.74, 6) is 0.687. The Hall–Kier alpha value is -3.36. The predicted octanol–water partition coefficient (Wildman–Crippen LogP) is 3.15. The Bertz CT molecular complexity index is 1390. The molecule has 0 radical (unpaired) electrons. The Balaban J connectivity index is 1.46. The van der Waals surface area contributed by atoms with Crippen LogP contribution < -0.4 is 5.56 Å². The van der Waals surface area contributed by atoms with E-state index in [1.165, 1.54) is 11.1 Å². The van der Waals surface area contributed by atoms with E-state index in [1.54, 1.807) is 0 Å². The minimum Gasteiger partial charge on any atom is -0.376 e. The maximum Gasteiger partial charge on any atom is 0.253 e. The Kier molecular flexibility index (Phi) is 5.47. The number of aromatic nitrogens is 5. The molecule has 4 heterocycles. The van der Waals surface area contributed by atoms with E-state index >= 15 is 0 Å². The van der Waals surface area contributed by atoms with Crippen LogP contribution in [0.5, 0.6) is 0 Å². The molecule has 8 heteroatoms. The van der Waals surface area contributed by atoms with E-state index in [-0.39, 0.29) is 17.7 Å². The molecule has 2 aromatic carbocycles. The standard InChI is InChI=1S/C26H28N6O2/c1-17-8-9-23-20(13-17)14-22(26(33)27-23)24(31-11-10-18-5-2-3-6-19(18)15-31)25-28-29-30-32(25)16-21-7-4-12-34-21/h2-3,5-6,8-9,13-14,21,24H,4,7,10-12,15-16H2,1H3,(H,27,33)/t21-,24-/m1/s1. The lowest BCUT2D eigenvalue weighted by molar-refractivity contribution is 0.0904. The van der Waals surface area contributed by atoms with Gasteiger partial charge in [0.05, 0.1) is 12.6 Å². The van der Waals surface area contributed by atoms with Crippen molar-refractivity contribution < 1.29 is 4.74 Å². The van der Waals surface area contributed by atoms with Gasteiger partial charge in [0.15, 0.2) is 5.82 Å². The fourth-order valence-corrected chi connectivity index (χ4v) is 5.30. The molecule has 0 amide bonds. The maximum atomic E-state index is 13.4. The van der Waals surface area contributed by atoms with Gasteiger partial charge in [-0.15, -0.1) is 5.10 Å². The highest BCUT2D eigenvalue weighted by atomic mass is 16.5. The summed E-state index contributed by atoms with van der Waals surface area (Å²) in [6.45, 7) is 4.98. The number of hydrogen-bond acceptors (Lipinski definition) is 6. The molecule has 1 fully saturated rings. The molecule has 0 spiro atoms. The number of rotatable bonds is 5. The van der Waals surface area contributed by atoms with E-state index in [1.807, 2.05) is 22.9 Å². The van der Waals surface area contributed by atoms with Crippen LogP contribution in [0.15, 0.2) is 53.3 Å². The van der Waals surface area contributed by atoms with Crippen molar-refractivity contribution in [3.63, 3.8) is 0 Å². The van der Waals surface area contributed by atoms with Gasteiger partial charge in [0.1, 0.15) is 6.04 Å². The highest BCUT2D eigenvalue weighted by Crippen LogP contribution is 2.32. The number of hydrogen-bond donors (Lipinski definition) is 1. The zero-order chi connectivity index (χ0) is 23.1. The molecule has 2 aliphatic rings. The van der Waals surface area contributed by atoms with Gasteiger partial charge < -0.3 is 9.72 Å². The summed E-state index contributed by atoms with van der Waals surface area (Å²) in [5.41, 5.74) is 5.19. The first-order chi connectivity index (χ1) is 16.7. The molecule has 34 heavy (non-hydrogen) atoms. The van der Waals surface area contributed by atoms with Crippen LogP contribution in [0.4, 0.5) is 0 Å². The average Bonchev–Trinajstić information content (AvgIpc) is 3.53. The Morgan fingerprint density at radius 3 is 2.91 bits per heavy atom. The first-order valence-electron chi connectivity index (χ1n) is 12.0. The molecule has 8 nitrogen and oxygen atoms in total. The molecule has 1 saturated heterocycles. The number of H-pyrrole nitrogens is 1. The van der Waals surface area contributed by atoms with E-state index in [9.17, 15) is 4.79 Å². The van der Waals surface area contributed by atoms with Crippen molar-refractivity contribution in [2.75, 3.05) is 13.2 Å². The third-order valence-electron chi connectivity index (χ3n) is 7.05. The highest BCUT2D eigenvalue weighted by Gasteiger charge is 2.33. The molecule has 174 valence electrons. The summed E-state index contributed by atoms with van der Waals surface area (Å²) in [5, 5.41) is 13.8. The molecule has 0 saturated carbocycles. The number of nitrogens with one attached hydrogen (secondary N) is 1. The smallest absolute Gasteiger partial charge is 0.253 e. The number of aryl methyl sites for hydroxylation is 1. The van der Waals surface area contributed by atoms with E-state index in [4.69, 9.17) is 4.74 Å². The second-order valence-electron chi connectivity index (χ2n) is 9.39. The number of aromatic amines is 1. The van der Waals surface area contributed by atoms with Crippen LogP contribution in [0.1, 0.15) is 47.0 Å². The van der Waals surface area contributed by atoms with Crippen molar-refractivity contribution in [3.8, 4) is 0 Å². The van der Waals surface area contributed by atoms with E-state index < -0.39 is 0 Å². The highest BCUT2D eigenvalue weighted by molar-refractivity contribution is 5.79. The Morgan fingerprint density at radius 1 is 1.18 bits per heavy atom. The van der Waals surface area contributed by atoms with E-state index in [0.29, 0.717) is 17.9 Å². The van der Waals surface area contributed by atoms with Crippen LogP contribution in [0, 0.1) is 6.92 Å². The molecular formula is C26H28N6O2. The average molecular weight is 457 g/mol. The summed E-state index contributed by atoms with van der Waals surface area (Å²) >= 11 is 0. The largest absolute Gasteiger partial charge is 0.376 e. The lowest BCUT2D eigenvalue weighted by Crippen LogP contribution is -2.39. The van der Waals surface area contributed by atoms with E-state index in [0.717, 1.165) is 55.4 Å². The van der Waals surface area contributed by atoms with Gasteiger partial charge in [-0.05, 0) is 71.3 Å². The van der Waals surface area contributed by atoms with Crippen molar-refractivity contribution in [1.82, 2.24) is 30.1 Å². The number of tetrazole rings is 1. The fraction of sp³-hybridized carbons (Fsp3) is 0.385. The van der Waals surface area contributed by atoms with Gasteiger partial charge in [-0.25, -0.2) is 4.68 Å². The molecule has 2 atom stereocenters. The third-order valence-corrected chi connectivity index (χ3v) is 7.05. The van der Waals surface area contributed by atoms with Gasteiger partial charge in [0.25, 0.3) is 5.56 Å². The van der Waals surface area contributed by atoms with Gasteiger partial charge in [-0.1, -0.05) is 35.9 Å². The normalized spacial score (nSPS) is 19.4. The number of ether oxygens (including phenoxy) is 1. The van der Waals surface area contributed by atoms with Gasteiger partial charge in [0, 0.05) is 30.8 Å². The lowest BCUT2D eigenvalue weighted by atomic mass is 9.95. The monoisotopic (exact) mass is 456 g/mol. The Labute approximate surface area is 197 Å². The topological polar surface area (TPSA) is 88.9 Å². The molecule has 0 aliphatic carbocycles. The van der Waals surface area contributed by atoms with Crippen LogP contribution in [0.25, 0.3) is 10.9 Å². The summed E-state index contributed by atoms with van der Waals surface area (Å²) in [6, 6.07) is 16.2. The molecule has 2 aromatic heterocycles. The van der Waals surface area contributed by atoms with Crippen LogP contribution in [-0.2, 0) is 24.2 Å². The third kappa shape index (κ3) is 3.93. The first kappa shape index (κ1) is 21.2. The zero-order valence-corrected chi connectivity index (χ0v) is 19.3. The molecule has 4 aromatic rings. The van der Waals surface area contributed by atoms with Gasteiger partial charge in [0.2, 0.25) is 0 Å². The number of benzene rings is 2. The second-order valence-corrected chi connectivity index (χ2v) is 9.39. The van der Waals surface area contributed by atoms with Crippen molar-refractivity contribution in [2.45, 2.75) is 51.4 Å². The molecular weight excluding hydrogens is 428 g/mol. The van der Waals surface area contributed by atoms with Crippen molar-refractivity contribution >= 4 is 10.9 Å². The van der Waals surface area contributed by atoms with Crippen LogP contribution in [0.2, 0.25) is 0 Å². The lowest BCUT2D eigenvalue weighted by Gasteiger charge is -2.35. The molecule has 0 bridgehead atoms.